The number of aryl methyl sites for hydroxylation is 1. The van der Waals surface area contributed by atoms with Crippen LogP contribution in [0.1, 0.15) is 22.7 Å². The second-order valence-electron chi connectivity index (χ2n) is 3.86. The minimum atomic E-state index is -4.26. The van der Waals surface area contributed by atoms with E-state index in [2.05, 4.69) is 20.9 Å². The summed E-state index contributed by atoms with van der Waals surface area (Å²) in [6.07, 6.45) is -4.17. The number of hydrogen-bond acceptors (Lipinski definition) is 2. The van der Waals surface area contributed by atoms with Crippen molar-refractivity contribution in [2.24, 2.45) is 5.92 Å². The number of carbonyl (C=O) groups is 1. The summed E-state index contributed by atoms with van der Waals surface area (Å²) in [5, 5.41) is 8.81. The third-order valence-electron chi connectivity index (χ3n) is 2.77. The molecule has 1 atom stereocenters. The van der Waals surface area contributed by atoms with Crippen molar-refractivity contribution in [3.63, 3.8) is 0 Å². The fraction of sp³-hybridized carbons (Fsp3) is 0.556. The summed E-state index contributed by atoms with van der Waals surface area (Å²) in [7, 11) is 0. The summed E-state index contributed by atoms with van der Waals surface area (Å²) in [6.45, 7) is -0.278. The molecule has 4 nitrogen and oxygen atoms in total. The fourth-order valence-corrected chi connectivity index (χ4v) is 2.48. The molecule has 1 aliphatic heterocycles. The van der Waals surface area contributed by atoms with Gasteiger partial charge in [-0.1, -0.05) is 0 Å². The van der Waals surface area contributed by atoms with E-state index in [0.29, 0.717) is 5.82 Å². The molecule has 1 aromatic rings. The van der Waals surface area contributed by atoms with Gasteiger partial charge in [0, 0.05) is 13.0 Å². The highest BCUT2D eigenvalue weighted by Crippen LogP contribution is 2.36. The Morgan fingerprint density at radius 1 is 1.53 bits per heavy atom. The lowest BCUT2D eigenvalue weighted by Gasteiger charge is -2.26. The molecule has 1 aliphatic rings. The van der Waals surface area contributed by atoms with Gasteiger partial charge in [-0.25, -0.2) is 9.78 Å². The van der Waals surface area contributed by atoms with Crippen LogP contribution in [-0.4, -0.2) is 26.8 Å². The van der Waals surface area contributed by atoms with Crippen molar-refractivity contribution >= 4 is 21.9 Å². The molecule has 0 bridgehead atoms. The highest BCUT2D eigenvalue weighted by Gasteiger charge is 2.42. The second kappa shape index (κ2) is 4.01. The Labute approximate surface area is 103 Å². The Bertz CT molecular complexity index is 470. The van der Waals surface area contributed by atoms with Gasteiger partial charge < -0.3 is 9.67 Å². The van der Waals surface area contributed by atoms with Crippen molar-refractivity contribution in [2.45, 2.75) is 25.6 Å². The van der Waals surface area contributed by atoms with Gasteiger partial charge in [0.05, 0.1) is 5.92 Å². The standard InChI is InChI=1S/C9H8BrF3N2O2/c10-7-6(8(16)17)14-5-2-1-4(3-15(5)7)9(11,12)13/h4H,1-3H2,(H,16,17). The number of nitrogens with zero attached hydrogens (tertiary/aromatic N) is 2. The summed E-state index contributed by atoms with van der Waals surface area (Å²) < 4.78 is 39.1. The number of carboxylic acid groups (broad SMARTS) is 1. The largest absolute Gasteiger partial charge is 0.476 e. The van der Waals surface area contributed by atoms with Crippen molar-refractivity contribution in [3.8, 4) is 0 Å². The van der Waals surface area contributed by atoms with Crippen LogP contribution in [0, 0.1) is 5.92 Å². The van der Waals surface area contributed by atoms with Gasteiger partial charge in [-0.05, 0) is 22.4 Å². The van der Waals surface area contributed by atoms with Crippen LogP contribution in [0.15, 0.2) is 4.60 Å². The number of carboxylic acids is 1. The Kier molecular flexibility index (Phi) is 2.92. The minimum absolute atomic E-state index is 0.0496. The average Bonchev–Trinajstić information content (AvgIpc) is 2.54. The fourth-order valence-electron chi connectivity index (χ4n) is 1.87. The molecule has 0 fully saturated rings. The number of halogens is 4. The molecule has 0 saturated carbocycles. The van der Waals surface area contributed by atoms with Crippen LogP contribution < -0.4 is 0 Å². The highest BCUT2D eigenvalue weighted by atomic mass is 79.9. The van der Waals surface area contributed by atoms with E-state index in [1.807, 2.05) is 0 Å². The quantitative estimate of drug-likeness (QED) is 0.866. The van der Waals surface area contributed by atoms with Gasteiger partial charge in [-0.15, -0.1) is 0 Å². The molecule has 0 amide bonds. The zero-order valence-electron chi connectivity index (χ0n) is 8.46. The second-order valence-corrected chi connectivity index (χ2v) is 4.61. The molecule has 0 aliphatic carbocycles. The van der Waals surface area contributed by atoms with Crippen LogP contribution in [0.5, 0.6) is 0 Å². The van der Waals surface area contributed by atoms with Crippen molar-refractivity contribution < 1.29 is 23.1 Å². The predicted octanol–water partition coefficient (Wildman–Crippen LogP) is 2.47. The van der Waals surface area contributed by atoms with Crippen molar-refractivity contribution in [1.82, 2.24) is 9.55 Å². The normalized spacial score (nSPS) is 20.1. The topological polar surface area (TPSA) is 55.1 Å². The van der Waals surface area contributed by atoms with E-state index < -0.39 is 18.1 Å². The van der Waals surface area contributed by atoms with Crippen LogP contribution in [0.25, 0.3) is 0 Å². The Balaban J connectivity index is 2.35. The lowest BCUT2D eigenvalue weighted by molar-refractivity contribution is -0.182. The molecule has 8 heteroatoms. The van der Waals surface area contributed by atoms with E-state index in [-0.39, 0.29) is 29.7 Å². The molecule has 1 unspecified atom stereocenters. The van der Waals surface area contributed by atoms with Crippen molar-refractivity contribution in [3.05, 3.63) is 16.1 Å². The Hall–Kier alpha value is -1.05. The van der Waals surface area contributed by atoms with Crippen LogP contribution in [0.2, 0.25) is 0 Å². The van der Waals surface area contributed by atoms with Gasteiger partial charge in [-0.2, -0.15) is 13.2 Å². The molecule has 2 heterocycles. The Morgan fingerprint density at radius 3 is 2.71 bits per heavy atom. The van der Waals surface area contributed by atoms with E-state index in [1.54, 1.807) is 0 Å². The van der Waals surface area contributed by atoms with Gasteiger partial charge in [0.25, 0.3) is 0 Å². The number of alkyl halides is 3. The first-order valence-electron chi connectivity index (χ1n) is 4.85. The molecule has 94 valence electrons. The molecular formula is C9H8BrF3N2O2. The summed E-state index contributed by atoms with van der Waals surface area (Å²) in [5.74, 6) is -2.31. The molecule has 2 rings (SSSR count). The molecular weight excluding hydrogens is 305 g/mol. The summed E-state index contributed by atoms with van der Waals surface area (Å²) >= 11 is 2.98. The predicted molar refractivity (Wildman–Crippen MR) is 54.8 cm³/mol. The van der Waals surface area contributed by atoms with Crippen LogP contribution >= 0.6 is 15.9 Å². The van der Waals surface area contributed by atoms with Crippen LogP contribution in [-0.2, 0) is 13.0 Å². The summed E-state index contributed by atoms with van der Waals surface area (Å²) in [5.41, 5.74) is -0.233. The van der Waals surface area contributed by atoms with E-state index in [0.717, 1.165) is 0 Å². The zero-order valence-corrected chi connectivity index (χ0v) is 10.0. The molecule has 0 saturated heterocycles. The zero-order chi connectivity index (χ0) is 12.8. The molecule has 0 spiro atoms. The lowest BCUT2D eigenvalue weighted by atomic mass is 9.99. The maximum atomic E-state index is 12.6. The van der Waals surface area contributed by atoms with Gasteiger partial charge in [-0.3, -0.25) is 0 Å². The number of imidazole rings is 1. The molecule has 0 radical (unpaired) electrons. The van der Waals surface area contributed by atoms with E-state index >= 15 is 0 Å². The van der Waals surface area contributed by atoms with E-state index in [9.17, 15) is 18.0 Å². The highest BCUT2D eigenvalue weighted by molar-refractivity contribution is 9.10. The number of rotatable bonds is 1. The SMILES string of the molecule is O=C(O)c1nc2n(c1Br)CC(C(F)(F)F)CC2. The smallest absolute Gasteiger partial charge is 0.393 e. The van der Waals surface area contributed by atoms with E-state index in [1.165, 1.54) is 4.57 Å². The summed E-state index contributed by atoms with van der Waals surface area (Å²) in [4.78, 5) is 14.6. The number of hydrogen-bond donors (Lipinski definition) is 1. The van der Waals surface area contributed by atoms with Gasteiger partial charge in [0.2, 0.25) is 0 Å². The first kappa shape index (κ1) is 12.4. The van der Waals surface area contributed by atoms with Crippen LogP contribution in [0.3, 0.4) is 0 Å². The summed E-state index contributed by atoms with van der Waals surface area (Å²) in [6, 6.07) is 0. The maximum absolute atomic E-state index is 12.6. The first-order valence-corrected chi connectivity index (χ1v) is 5.65. The number of fused-ring (bicyclic) bond motifs is 1. The van der Waals surface area contributed by atoms with Gasteiger partial charge in [0.1, 0.15) is 10.4 Å². The first-order chi connectivity index (χ1) is 7.80. The number of aromatic carboxylic acids is 1. The van der Waals surface area contributed by atoms with Gasteiger partial charge in [0.15, 0.2) is 5.69 Å². The third kappa shape index (κ3) is 2.18. The Morgan fingerprint density at radius 2 is 2.18 bits per heavy atom. The minimum Gasteiger partial charge on any atom is -0.476 e. The number of aromatic nitrogens is 2. The van der Waals surface area contributed by atoms with E-state index in [4.69, 9.17) is 5.11 Å². The molecule has 1 aromatic heterocycles. The molecule has 17 heavy (non-hydrogen) atoms. The molecule has 0 aromatic carbocycles. The van der Waals surface area contributed by atoms with Gasteiger partial charge >= 0.3 is 12.1 Å². The average molecular weight is 313 g/mol. The maximum Gasteiger partial charge on any atom is 0.393 e. The monoisotopic (exact) mass is 312 g/mol. The third-order valence-corrected chi connectivity index (χ3v) is 3.57. The molecule has 1 N–H and O–H groups in total. The van der Waals surface area contributed by atoms with Crippen LogP contribution in [0.4, 0.5) is 13.2 Å². The van der Waals surface area contributed by atoms with Crippen molar-refractivity contribution in [1.29, 1.82) is 0 Å². The lowest BCUT2D eigenvalue weighted by Crippen LogP contribution is -2.32. The van der Waals surface area contributed by atoms with Crippen molar-refractivity contribution in [2.75, 3.05) is 0 Å².